The number of rotatable bonds is 10. The van der Waals surface area contributed by atoms with Gasteiger partial charge >= 0.3 is 12.4 Å². The summed E-state index contributed by atoms with van der Waals surface area (Å²) in [7, 11) is 0. The van der Waals surface area contributed by atoms with Gasteiger partial charge in [0.1, 0.15) is 0 Å². The van der Waals surface area contributed by atoms with Crippen molar-refractivity contribution in [2.75, 3.05) is 0 Å². The molecule has 477 valence electrons. The molecule has 21 heteroatoms. The predicted octanol–water partition coefficient (Wildman–Crippen LogP) is 18.8. The number of benzene rings is 10. The Kier molecular flexibility index (Phi) is 39.7. The second-order valence-corrected chi connectivity index (χ2v) is 19.5. The van der Waals surface area contributed by atoms with Gasteiger partial charge in [-0.05, 0) is 124 Å². The second-order valence-electron chi connectivity index (χ2n) is 19.5. The van der Waals surface area contributed by atoms with Crippen LogP contribution in [0.3, 0.4) is 0 Å². The van der Waals surface area contributed by atoms with E-state index in [0.717, 1.165) is 59.4 Å². The fourth-order valence-corrected chi connectivity index (χ4v) is 8.41. The molecule has 0 amide bonds. The van der Waals surface area contributed by atoms with Crippen molar-refractivity contribution in [2.24, 2.45) is 0 Å². The number of hydrogen-bond donors (Lipinski definition) is 5. The summed E-state index contributed by atoms with van der Waals surface area (Å²) < 4.78 is 72.9. The molecular weight excluding hydrogens is 1890 g/mol. The summed E-state index contributed by atoms with van der Waals surface area (Å²) in [6.07, 6.45) is -5.76. The third-order valence-electron chi connectivity index (χ3n) is 12.6. The number of halogens is 6. The topological polar surface area (TPSA) is 186 Å². The summed E-state index contributed by atoms with van der Waals surface area (Å²) in [4.78, 5) is 58.4. The van der Waals surface area contributed by atoms with E-state index in [0.29, 0.717) is 16.7 Å². The molecule has 5 radical (unpaired) electrons. The minimum atomic E-state index is -4.92. The van der Waals surface area contributed by atoms with E-state index in [9.17, 15) is 50.3 Å². The van der Waals surface area contributed by atoms with Crippen LogP contribution in [-0.2, 0) is 0 Å². The summed E-state index contributed by atoms with van der Waals surface area (Å²) in [5.74, 6) is -6.01. The zero-order valence-corrected chi connectivity index (χ0v) is 61.1. The largest absolute Gasteiger partial charge is 0.512 e. The molecule has 0 spiro atoms. The third kappa shape index (κ3) is 27.9. The minimum Gasteiger partial charge on any atom is -0.512 e. The van der Waals surface area contributed by atoms with Gasteiger partial charge in [0.15, 0.2) is 28.9 Å². The van der Waals surface area contributed by atoms with Crippen LogP contribution in [0.2, 0.25) is 0 Å². The molecule has 0 saturated carbocycles. The standard InChI is InChI=1S/C15H11F3O2.C14H9F3O2.3C14H12O2.5Eu/c1-9-6-11(7-10-4-2-3-5-12(9)10)13(19)8-14(20)15(16,17)18;15-14(16,17)13(19)8-12(18)11-6-5-9-3-1-2-4-10(9)7-11;3*1-10(15)8-14(16)13-7-6-11-4-2-3-5-12(11)9-13;;;;;/h2-8,20H,1H3;1-8,19H;3*2-9,15H,1H3;;;;;. The van der Waals surface area contributed by atoms with Gasteiger partial charge in [0.2, 0.25) is 11.5 Å². The summed E-state index contributed by atoms with van der Waals surface area (Å²) in [6, 6.07) is 62.0. The first-order valence-electron chi connectivity index (χ1n) is 26.4. The molecule has 92 heavy (non-hydrogen) atoms. The van der Waals surface area contributed by atoms with Crippen LogP contribution in [0.4, 0.5) is 26.3 Å². The van der Waals surface area contributed by atoms with E-state index in [1.165, 1.54) is 63.3 Å². The Labute approximate surface area is 730 Å². The van der Waals surface area contributed by atoms with Crippen molar-refractivity contribution in [2.45, 2.75) is 40.0 Å². The Hall–Kier alpha value is -2.95. The maximum atomic E-state index is 12.2. The van der Waals surface area contributed by atoms with Gasteiger partial charge in [0.05, 0.1) is 17.3 Å². The molecule has 0 unspecified atom stereocenters. The normalized spacial score (nSPS) is 11.5. The van der Waals surface area contributed by atoms with Gasteiger partial charge in [0.25, 0.3) is 0 Å². The van der Waals surface area contributed by atoms with E-state index in [4.69, 9.17) is 25.5 Å². The molecule has 0 atom stereocenters. The van der Waals surface area contributed by atoms with Crippen LogP contribution in [0.25, 0.3) is 53.9 Å². The van der Waals surface area contributed by atoms with Gasteiger partial charge in [-0.1, -0.05) is 170 Å². The van der Waals surface area contributed by atoms with Crippen LogP contribution in [0.15, 0.2) is 265 Å². The Bertz CT molecular complexity index is 4120. The van der Waals surface area contributed by atoms with E-state index in [2.05, 4.69) is 0 Å². The average Bonchev–Trinajstić information content (AvgIpc) is 0.875. The van der Waals surface area contributed by atoms with Gasteiger partial charge in [0, 0.05) is 305 Å². The number of carbonyl (C=O) groups is 5. The molecule has 10 aromatic carbocycles. The fourth-order valence-electron chi connectivity index (χ4n) is 8.41. The summed E-state index contributed by atoms with van der Waals surface area (Å²) >= 11 is 0. The number of ketones is 5. The molecule has 10 rings (SSSR count). The molecule has 0 aliphatic carbocycles. The average molecular weight is 1940 g/mol. The summed E-state index contributed by atoms with van der Waals surface area (Å²) in [5, 5.41) is 54.4. The number of carbonyl (C=O) groups excluding carboxylic acids is 5. The molecule has 0 aromatic heterocycles. The minimum absolute atomic E-state index is 0. The van der Waals surface area contributed by atoms with E-state index in [1.807, 2.05) is 133 Å². The molecule has 0 aliphatic heterocycles. The molecule has 0 saturated heterocycles. The van der Waals surface area contributed by atoms with Gasteiger partial charge in [-0.15, -0.1) is 0 Å². The SMILES string of the molecule is CC(O)=CC(=O)c1ccc2ccccc2c1.CC(O)=CC(=O)c1ccc2ccccc2c1.CC(O)=CC(=O)c1ccc2ccccc2c1.Cc1cc(C(=O)C=C(O)C(F)(F)F)cc2ccccc12.O=C(C=C(O)C(F)(F)F)c1ccc2ccccc2c1.[Eu].[Eu].[Eu].[Eu].[Eu]. The molecular formula is C71H56Eu5F6O10. The molecule has 10 aromatic rings. The molecule has 0 aliphatic rings. The van der Waals surface area contributed by atoms with Crippen molar-refractivity contribution in [3.8, 4) is 0 Å². The Balaban J connectivity index is 0.000000569. The van der Waals surface area contributed by atoms with Gasteiger partial charge < -0.3 is 25.5 Å². The number of aliphatic hydroxyl groups excluding tert-OH is 5. The Morgan fingerprint density at radius 1 is 0.293 bits per heavy atom. The van der Waals surface area contributed by atoms with E-state index >= 15 is 0 Å². The Morgan fingerprint density at radius 3 is 0.772 bits per heavy atom. The van der Waals surface area contributed by atoms with Crippen molar-refractivity contribution in [3.05, 3.63) is 299 Å². The third-order valence-corrected chi connectivity index (χ3v) is 12.6. The monoisotopic (exact) mass is 1950 g/mol. The van der Waals surface area contributed by atoms with Crippen LogP contribution in [0.1, 0.15) is 78.1 Å². The molecule has 0 heterocycles. The number of alkyl halides is 6. The zero-order chi connectivity index (χ0) is 63.6. The van der Waals surface area contributed by atoms with Crippen LogP contribution >= 0.6 is 0 Å². The number of hydrogen-bond acceptors (Lipinski definition) is 10. The quantitative estimate of drug-likeness (QED) is 0.0382. The first-order chi connectivity index (χ1) is 41.2. The van der Waals surface area contributed by atoms with Gasteiger partial charge in [-0.3, -0.25) is 24.0 Å². The van der Waals surface area contributed by atoms with Crippen molar-refractivity contribution >= 4 is 82.8 Å². The first-order valence-corrected chi connectivity index (χ1v) is 26.4. The summed E-state index contributed by atoms with van der Waals surface area (Å²) in [6.45, 7) is 6.23. The maximum Gasteiger partial charge on any atom is 0.448 e. The van der Waals surface area contributed by atoms with Crippen LogP contribution < -0.4 is 0 Å². The smallest absolute Gasteiger partial charge is 0.448 e. The van der Waals surface area contributed by atoms with Gasteiger partial charge in [-0.2, -0.15) is 26.3 Å². The van der Waals surface area contributed by atoms with Crippen LogP contribution in [0, 0.1) is 254 Å². The first kappa shape index (κ1) is 87.1. The fraction of sp³-hybridized carbons (Fsp3) is 0.0845. The number of aliphatic hydroxyl groups is 5. The van der Waals surface area contributed by atoms with E-state index < -0.39 is 35.4 Å². The Morgan fingerprint density at radius 2 is 0.511 bits per heavy atom. The molecule has 5 N–H and O–H groups in total. The van der Waals surface area contributed by atoms with E-state index in [1.54, 1.807) is 55.5 Å². The van der Waals surface area contributed by atoms with Crippen molar-refractivity contribution in [1.29, 1.82) is 0 Å². The summed E-state index contributed by atoms with van der Waals surface area (Å²) in [5.41, 5.74) is 2.75. The molecule has 0 bridgehead atoms. The molecule has 0 fully saturated rings. The van der Waals surface area contributed by atoms with Crippen molar-refractivity contribution in [3.63, 3.8) is 0 Å². The van der Waals surface area contributed by atoms with Crippen molar-refractivity contribution < 1.29 is 323 Å². The van der Waals surface area contributed by atoms with Crippen LogP contribution in [-0.4, -0.2) is 66.8 Å². The van der Waals surface area contributed by atoms with E-state index in [-0.39, 0.29) is 305 Å². The number of fused-ring (bicyclic) bond motifs is 5. The predicted molar refractivity (Wildman–Crippen MR) is 329 cm³/mol. The van der Waals surface area contributed by atoms with Gasteiger partial charge in [-0.25, -0.2) is 0 Å². The number of aryl methyl sites for hydroxylation is 1. The number of allylic oxidation sites excluding steroid dienone is 10. The molecule has 10 nitrogen and oxygen atoms in total. The maximum absolute atomic E-state index is 12.2. The second kappa shape index (κ2) is 42.0. The van der Waals surface area contributed by atoms with Crippen LogP contribution in [0.5, 0.6) is 0 Å². The van der Waals surface area contributed by atoms with Crippen molar-refractivity contribution in [1.82, 2.24) is 0 Å². The zero-order valence-electron chi connectivity index (χ0n) is 49.0.